The molecule has 1 aliphatic rings. The van der Waals surface area contributed by atoms with Crippen molar-refractivity contribution in [1.29, 1.82) is 0 Å². The fraction of sp³-hybridized carbons (Fsp3) is 0.208. The van der Waals surface area contributed by atoms with Gasteiger partial charge in [-0.3, -0.25) is 4.79 Å². The Morgan fingerprint density at radius 1 is 0.941 bits per heavy atom. The molecule has 3 aromatic rings. The summed E-state index contributed by atoms with van der Waals surface area (Å²) in [6, 6.07) is 17.1. The van der Waals surface area contributed by atoms with Crippen molar-refractivity contribution in [3.63, 3.8) is 0 Å². The predicted molar refractivity (Wildman–Crippen MR) is 125 cm³/mol. The number of benzene rings is 3. The maximum absolute atomic E-state index is 13.7. The quantitative estimate of drug-likeness (QED) is 0.526. The third-order valence-corrected chi connectivity index (χ3v) is 10.3. The predicted octanol–water partition coefficient (Wildman–Crippen LogP) is 2.45. The van der Waals surface area contributed by atoms with Gasteiger partial charge in [0, 0.05) is 12.5 Å². The molecule has 0 saturated heterocycles. The molecule has 0 bridgehead atoms. The van der Waals surface area contributed by atoms with Crippen molar-refractivity contribution in [2.45, 2.75) is 26.7 Å². The zero-order valence-electron chi connectivity index (χ0n) is 18.5. The molecule has 4 rings (SSSR count). The Bertz CT molecular complexity index is 1470. The Hall–Kier alpha value is -3.37. The molecule has 0 fully saturated rings. The maximum Gasteiger partial charge on any atom is 0.237 e. The highest BCUT2D eigenvalue weighted by Gasteiger charge is 2.55. The zero-order chi connectivity index (χ0) is 24.7. The van der Waals surface area contributed by atoms with Crippen LogP contribution >= 0.6 is 0 Å². The van der Waals surface area contributed by atoms with Gasteiger partial charge in [0.1, 0.15) is 16.7 Å². The van der Waals surface area contributed by atoms with E-state index in [0.717, 1.165) is 0 Å². The number of ether oxygens (including phenoxy) is 2. The van der Waals surface area contributed by atoms with Gasteiger partial charge < -0.3 is 15.2 Å². The average Bonchev–Trinajstić information content (AvgIpc) is 3.08. The van der Waals surface area contributed by atoms with Crippen LogP contribution in [-0.4, -0.2) is 42.2 Å². The third-order valence-electron chi connectivity index (χ3n) is 5.92. The van der Waals surface area contributed by atoms with Gasteiger partial charge in [-0.2, -0.15) is 0 Å². The van der Waals surface area contributed by atoms with Gasteiger partial charge >= 0.3 is 0 Å². The number of hydrogen-bond acceptors (Lipinski definition) is 7. The lowest BCUT2D eigenvalue weighted by Crippen LogP contribution is -2.39. The van der Waals surface area contributed by atoms with Gasteiger partial charge in [0.25, 0.3) is 0 Å². The summed E-state index contributed by atoms with van der Waals surface area (Å²) in [6.07, 6.45) is 0.165. The highest BCUT2D eigenvalue weighted by molar-refractivity contribution is 7.97. The van der Waals surface area contributed by atoms with Crippen molar-refractivity contribution >= 4 is 25.6 Å². The van der Waals surface area contributed by atoms with Gasteiger partial charge in [0.05, 0.1) is 24.0 Å². The van der Waals surface area contributed by atoms with Crippen LogP contribution in [0.25, 0.3) is 0 Å². The molecule has 2 N–H and O–H groups in total. The SMILES string of the molecule is COc1ccc(Cc2cccc3c2C(S(=O)(=O)c2ccccc2)C(C(N)=O)S3(=O)=O)c(OC)c1. The fourth-order valence-corrected chi connectivity index (χ4v) is 9.05. The molecule has 0 aromatic heterocycles. The van der Waals surface area contributed by atoms with Crippen LogP contribution in [-0.2, 0) is 30.9 Å². The average molecular weight is 502 g/mol. The Kier molecular flexibility index (Phi) is 6.13. The molecule has 1 heterocycles. The first-order chi connectivity index (χ1) is 16.1. The highest BCUT2D eigenvalue weighted by Crippen LogP contribution is 2.48. The molecule has 34 heavy (non-hydrogen) atoms. The van der Waals surface area contributed by atoms with Crippen LogP contribution in [0.1, 0.15) is 21.9 Å². The van der Waals surface area contributed by atoms with Crippen LogP contribution in [0.3, 0.4) is 0 Å². The molecule has 1 amide bonds. The summed E-state index contributed by atoms with van der Waals surface area (Å²) in [7, 11) is -5.61. The van der Waals surface area contributed by atoms with E-state index in [2.05, 4.69) is 0 Å². The lowest BCUT2D eigenvalue weighted by atomic mass is 9.96. The van der Waals surface area contributed by atoms with E-state index in [-0.39, 0.29) is 21.8 Å². The lowest BCUT2D eigenvalue weighted by molar-refractivity contribution is -0.117. The number of fused-ring (bicyclic) bond motifs is 1. The van der Waals surface area contributed by atoms with Gasteiger partial charge in [-0.25, -0.2) is 16.8 Å². The Balaban J connectivity index is 1.95. The summed E-state index contributed by atoms with van der Waals surface area (Å²) in [4.78, 5) is 12.1. The van der Waals surface area contributed by atoms with E-state index in [0.29, 0.717) is 22.6 Å². The topological polar surface area (TPSA) is 130 Å². The standard InChI is InChI=1S/C24H23NO7S2/c1-31-17-12-11-15(19(14-17)32-2)13-16-7-6-10-20-21(16)22(23(24(25)26)34(20,29)30)33(27,28)18-8-4-3-5-9-18/h3-12,14,22-23H,13H2,1-2H3,(H2,25,26). The molecule has 0 aliphatic carbocycles. The van der Waals surface area contributed by atoms with E-state index in [1.807, 2.05) is 0 Å². The summed E-state index contributed by atoms with van der Waals surface area (Å²) < 4.78 is 64.7. The number of carbonyl (C=O) groups is 1. The number of hydrogen-bond donors (Lipinski definition) is 1. The van der Waals surface area contributed by atoms with Crippen LogP contribution in [0.15, 0.2) is 76.5 Å². The zero-order valence-corrected chi connectivity index (χ0v) is 20.1. The van der Waals surface area contributed by atoms with Crippen molar-refractivity contribution in [3.8, 4) is 11.5 Å². The fourth-order valence-electron chi connectivity index (χ4n) is 4.35. The Morgan fingerprint density at radius 3 is 2.26 bits per heavy atom. The molecule has 8 nitrogen and oxygen atoms in total. The van der Waals surface area contributed by atoms with Gasteiger partial charge in [-0.05, 0) is 41.0 Å². The number of rotatable bonds is 7. The summed E-state index contributed by atoms with van der Waals surface area (Å²) >= 11 is 0. The monoisotopic (exact) mass is 501 g/mol. The first-order valence-electron chi connectivity index (χ1n) is 10.3. The molecule has 2 atom stereocenters. The van der Waals surface area contributed by atoms with Gasteiger partial charge in [-0.1, -0.05) is 36.4 Å². The van der Waals surface area contributed by atoms with E-state index in [9.17, 15) is 21.6 Å². The third kappa shape index (κ3) is 3.82. The molecule has 0 saturated carbocycles. The summed E-state index contributed by atoms with van der Waals surface area (Å²) in [5, 5.41) is -3.61. The number of sulfone groups is 2. The minimum Gasteiger partial charge on any atom is -0.497 e. The van der Waals surface area contributed by atoms with Crippen LogP contribution in [0.2, 0.25) is 0 Å². The lowest BCUT2D eigenvalue weighted by Gasteiger charge is -2.20. The minimum atomic E-state index is -4.33. The van der Waals surface area contributed by atoms with Crippen molar-refractivity contribution in [1.82, 2.24) is 0 Å². The maximum atomic E-state index is 13.7. The van der Waals surface area contributed by atoms with Crippen molar-refractivity contribution in [2.24, 2.45) is 5.73 Å². The molecule has 3 aromatic carbocycles. The molecule has 10 heteroatoms. The Morgan fingerprint density at radius 2 is 1.65 bits per heavy atom. The van der Waals surface area contributed by atoms with E-state index in [1.165, 1.54) is 50.6 Å². The summed E-state index contributed by atoms with van der Waals surface area (Å²) in [6.45, 7) is 0. The number of nitrogens with two attached hydrogens (primary N) is 1. The first kappa shape index (κ1) is 23.8. The molecular formula is C24H23NO7S2. The summed E-state index contributed by atoms with van der Waals surface area (Å²) in [5.74, 6) is -0.153. The second-order valence-electron chi connectivity index (χ2n) is 7.83. The van der Waals surface area contributed by atoms with E-state index >= 15 is 0 Å². The number of methoxy groups -OCH3 is 2. The minimum absolute atomic E-state index is 0.0630. The van der Waals surface area contributed by atoms with Gasteiger partial charge in [-0.15, -0.1) is 0 Å². The molecule has 1 aliphatic heterocycles. The Labute approximate surface area is 198 Å². The van der Waals surface area contributed by atoms with Crippen molar-refractivity contribution in [2.75, 3.05) is 14.2 Å². The molecule has 0 radical (unpaired) electrons. The molecular weight excluding hydrogens is 478 g/mol. The highest BCUT2D eigenvalue weighted by atomic mass is 32.2. The van der Waals surface area contributed by atoms with E-state index in [1.54, 1.807) is 30.3 Å². The number of amides is 1. The first-order valence-corrected chi connectivity index (χ1v) is 13.4. The van der Waals surface area contributed by atoms with Crippen LogP contribution in [0, 0.1) is 0 Å². The normalized spacial score (nSPS) is 18.8. The number of carbonyl (C=O) groups excluding carboxylic acids is 1. The molecule has 0 spiro atoms. The second kappa shape index (κ2) is 8.77. The van der Waals surface area contributed by atoms with Crippen molar-refractivity contribution in [3.05, 3.63) is 83.4 Å². The molecule has 2 unspecified atom stereocenters. The van der Waals surface area contributed by atoms with Gasteiger partial charge in [0.15, 0.2) is 24.9 Å². The van der Waals surface area contributed by atoms with E-state index < -0.39 is 36.1 Å². The van der Waals surface area contributed by atoms with E-state index in [4.69, 9.17) is 15.2 Å². The van der Waals surface area contributed by atoms with Crippen LogP contribution in [0.4, 0.5) is 0 Å². The second-order valence-corrected chi connectivity index (χ2v) is 11.9. The van der Waals surface area contributed by atoms with Crippen molar-refractivity contribution < 1.29 is 31.1 Å². The largest absolute Gasteiger partial charge is 0.497 e. The van der Waals surface area contributed by atoms with Crippen LogP contribution in [0.5, 0.6) is 11.5 Å². The number of primary amides is 1. The summed E-state index contributed by atoms with van der Waals surface area (Å²) in [5.41, 5.74) is 6.67. The smallest absolute Gasteiger partial charge is 0.237 e. The molecule has 178 valence electrons. The van der Waals surface area contributed by atoms with Gasteiger partial charge in [0.2, 0.25) is 5.91 Å². The van der Waals surface area contributed by atoms with Crippen LogP contribution < -0.4 is 15.2 Å².